The van der Waals surface area contributed by atoms with E-state index in [0.29, 0.717) is 43.9 Å². The summed E-state index contributed by atoms with van der Waals surface area (Å²) >= 11 is 1.61. The Morgan fingerprint density at radius 3 is 2.22 bits per heavy atom. The number of hydrogen-bond donors (Lipinski definition) is 0. The van der Waals surface area contributed by atoms with E-state index in [2.05, 4.69) is 0 Å². The molecule has 0 aliphatic rings. The third kappa shape index (κ3) is 7.74. The summed E-state index contributed by atoms with van der Waals surface area (Å²) in [6.45, 7) is 11.3. The first kappa shape index (κ1) is 29.0. The number of benzene rings is 2. The van der Waals surface area contributed by atoms with Gasteiger partial charge in [0.25, 0.3) is 0 Å². The van der Waals surface area contributed by atoms with Crippen LogP contribution in [-0.4, -0.2) is 49.8 Å². The van der Waals surface area contributed by atoms with Crippen molar-refractivity contribution < 1.29 is 17.9 Å². The number of amides is 1. The smallest absolute Gasteiger partial charge is 0.244 e. The van der Waals surface area contributed by atoms with Crippen LogP contribution in [0.5, 0.6) is 0 Å². The third-order valence-corrected chi connectivity index (χ3v) is 9.45. The van der Waals surface area contributed by atoms with Gasteiger partial charge in [-0.05, 0) is 74.7 Å². The largest absolute Gasteiger partial charge is 0.382 e. The summed E-state index contributed by atoms with van der Waals surface area (Å²) in [6.07, 6.45) is 0.507. The molecule has 0 saturated carbocycles. The summed E-state index contributed by atoms with van der Waals surface area (Å²) in [7, 11) is -3.91. The topological polar surface area (TPSA) is 66.9 Å². The van der Waals surface area contributed by atoms with Gasteiger partial charge in [-0.25, -0.2) is 8.42 Å². The average molecular weight is 543 g/mol. The minimum atomic E-state index is -3.91. The quantitative estimate of drug-likeness (QED) is 0.263. The number of nitrogens with zero attached hydrogens (tertiary/aromatic N) is 2. The number of sulfonamides is 1. The summed E-state index contributed by atoms with van der Waals surface area (Å²) < 4.78 is 34.7. The SMILES string of the molecule is CCOCCCN(CC(=O)N(Cc1ccccc1)Cc1sccc1C)S(=O)(=O)c1c(C)cc(C)cc1C. The van der Waals surface area contributed by atoms with Gasteiger partial charge in [-0.15, -0.1) is 11.3 Å². The summed E-state index contributed by atoms with van der Waals surface area (Å²) in [5.74, 6) is -0.223. The highest BCUT2D eigenvalue weighted by molar-refractivity contribution is 7.89. The van der Waals surface area contributed by atoms with Crippen LogP contribution in [0.3, 0.4) is 0 Å². The Bertz CT molecular complexity index is 1260. The first-order valence-electron chi connectivity index (χ1n) is 12.6. The van der Waals surface area contributed by atoms with Crippen molar-refractivity contribution >= 4 is 27.3 Å². The van der Waals surface area contributed by atoms with Crippen molar-refractivity contribution in [2.24, 2.45) is 0 Å². The van der Waals surface area contributed by atoms with E-state index < -0.39 is 10.0 Å². The third-order valence-electron chi connectivity index (χ3n) is 6.29. The normalized spacial score (nSPS) is 11.7. The Balaban J connectivity index is 1.93. The van der Waals surface area contributed by atoms with Gasteiger partial charge in [-0.1, -0.05) is 48.0 Å². The first-order chi connectivity index (χ1) is 17.6. The predicted octanol–water partition coefficient (Wildman–Crippen LogP) is 5.63. The van der Waals surface area contributed by atoms with Crippen molar-refractivity contribution in [2.75, 3.05) is 26.3 Å². The minimum Gasteiger partial charge on any atom is -0.382 e. The Hall–Kier alpha value is -2.52. The number of thiophene rings is 1. The van der Waals surface area contributed by atoms with E-state index in [9.17, 15) is 13.2 Å². The zero-order valence-corrected chi connectivity index (χ0v) is 24.1. The summed E-state index contributed by atoms with van der Waals surface area (Å²) in [5, 5.41) is 2.02. The summed E-state index contributed by atoms with van der Waals surface area (Å²) in [4.78, 5) is 16.9. The second kappa shape index (κ2) is 13.3. The average Bonchev–Trinajstić information content (AvgIpc) is 3.24. The zero-order valence-electron chi connectivity index (χ0n) is 22.5. The molecule has 0 saturated heterocycles. The van der Waals surface area contributed by atoms with Gasteiger partial charge in [-0.3, -0.25) is 4.79 Å². The molecular weight excluding hydrogens is 504 g/mol. The number of rotatable bonds is 13. The van der Waals surface area contributed by atoms with Crippen molar-refractivity contribution in [1.29, 1.82) is 0 Å². The fraction of sp³-hybridized carbons (Fsp3) is 0.414. The van der Waals surface area contributed by atoms with Crippen molar-refractivity contribution in [2.45, 2.75) is 59.0 Å². The van der Waals surface area contributed by atoms with Crippen molar-refractivity contribution in [1.82, 2.24) is 9.21 Å². The molecule has 200 valence electrons. The molecule has 3 aromatic rings. The lowest BCUT2D eigenvalue weighted by atomic mass is 10.1. The molecule has 0 unspecified atom stereocenters. The maximum atomic E-state index is 14.0. The van der Waals surface area contributed by atoms with Crippen LogP contribution in [0.1, 0.15) is 46.0 Å². The van der Waals surface area contributed by atoms with Gasteiger partial charge in [0.1, 0.15) is 0 Å². The van der Waals surface area contributed by atoms with E-state index in [1.54, 1.807) is 16.2 Å². The minimum absolute atomic E-state index is 0.206. The summed E-state index contributed by atoms with van der Waals surface area (Å²) in [6, 6.07) is 15.6. The zero-order chi connectivity index (χ0) is 27.0. The molecular formula is C29H38N2O4S2. The maximum absolute atomic E-state index is 14.0. The molecule has 0 radical (unpaired) electrons. The van der Waals surface area contributed by atoms with Crippen molar-refractivity contribution in [3.63, 3.8) is 0 Å². The second-order valence-corrected chi connectivity index (χ2v) is 12.3. The highest BCUT2D eigenvalue weighted by Crippen LogP contribution is 2.26. The van der Waals surface area contributed by atoms with Crippen molar-refractivity contribution in [3.05, 3.63) is 86.6 Å². The van der Waals surface area contributed by atoms with Gasteiger partial charge in [0, 0.05) is 31.2 Å². The predicted molar refractivity (Wildman–Crippen MR) is 150 cm³/mol. The van der Waals surface area contributed by atoms with Gasteiger partial charge < -0.3 is 9.64 Å². The van der Waals surface area contributed by atoms with Crippen molar-refractivity contribution in [3.8, 4) is 0 Å². The van der Waals surface area contributed by atoms with Crippen LogP contribution in [0.2, 0.25) is 0 Å². The molecule has 0 N–H and O–H groups in total. The van der Waals surface area contributed by atoms with Gasteiger partial charge in [-0.2, -0.15) is 4.31 Å². The molecule has 3 rings (SSSR count). The molecule has 1 heterocycles. The molecule has 0 spiro atoms. The van der Waals surface area contributed by atoms with Crippen LogP contribution in [0, 0.1) is 27.7 Å². The van der Waals surface area contributed by atoms with Crippen LogP contribution in [0.4, 0.5) is 0 Å². The number of carbonyl (C=O) groups excluding carboxylic acids is 1. The Labute approximate surface area is 225 Å². The number of ether oxygens (including phenoxy) is 1. The van der Waals surface area contributed by atoms with Gasteiger partial charge in [0.15, 0.2) is 0 Å². The Kier molecular flexibility index (Phi) is 10.5. The number of carbonyl (C=O) groups is 1. The standard InChI is InChI=1S/C29H38N2O4S2/c1-6-35-15-10-14-31(37(33,34)29-24(4)17-22(2)18-25(29)5)21-28(32)30(19-26-11-8-7-9-12-26)20-27-23(3)13-16-36-27/h7-9,11-13,16-18H,6,10,14-15,19-21H2,1-5H3. The van der Waals surface area contributed by atoms with Crippen LogP contribution in [-0.2, 0) is 32.6 Å². The second-order valence-electron chi connectivity index (χ2n) is 9.38. The van der Waals surface area contributed by atoms with Gasteiger partial charge >= 0.3 is 0 Å². The highest BCUT2D eigenvalue weighted by atomic mass is 32.2. The van der Waals surface area contributed by atoms with E-state index in [1.807, 2.05) is 88.5 Å². The van der Waals surface area contributed by atoms with E-state index in [0.717, 1.165) is 21.6 Å². The molecule has 37 heavy (non-hydrogen) atoms. The number of aryl methyl sites for hydroxylation is 4. The number of hydrogen-bond acceptors (Lipinski definition) is 5. The van der Waals surface area contributed by atoms with Gasteiger partial charge in [0.2, 0.25) is 15.9 Å². The molecule has 0 atom stereocenters. The Morgan fingerprint density at radius 1 is 0.946 bits per heavy atom. The van der Waals surface area contributed by atoms with Crippen LogP contribution < -0.4 is 0 Å². The van der Waals surface area contributed by atoms with E-state index in [-0.39, 0.29) is 23.9 Å². The van der Waals surface area contributed by atoms with Crippen LogP contribution >= 0.6 is 11.3 Å². The highest BCUT2D eigenvalue weighted by Gasteiger charge is 2.31. The van der Waals surface area contributed by atoms with E-state index in [1.165, 1.54) is 4.31 Å². The van der Waals surface area contributed by atoms with E-state index in [4.69, 9.17) is 4.74 Å². The first-order valence-corrected chi connectivity index (χ1v) is 15.0. The molecule has 1 aromatic heterocycles. The van der Waals surface area contributed by atoms with E-state index >= 15 is 0 Å². The molecule has 0 bridgehead atoms. The molecule has 8 heteroatoms. The fourth-order valence-corrected chi connectivity index (χ4v) is 7.26. The fourth-order valence-electron chi connectivity index (χ4n) is 4.50. The lowest BCUT2D eigenvalue weighted by Crippen LogP contribution is -2.43. The molecule has 0 fully saturated rings. The van der Waals surface area contributed by atoms with Gasteiger partial charge in [0.05, 0.1) is 18.0 Å². The maximum Gasteiger partial charge on any atom is 0.244 e. The molecule has 6 nitrogen and oxygen atoms in total. The monoisotopic (exact) mass is 542 g/mol. The summed E-state index contributed by atoms with van der Waals surface area (Å²) in [5.41, 5.74) is 4.52. The Morgan fingerprint density at radius 2 is 1.62 bits per heavy atom. The molecule has 2 aromatic carbocycles. The molecule has 0 aliphatic heterocycles. The molecule has 1 amide bonds. The van der Waals surface area contributed by atoms with Crippen LogP contribution in [0.25, 0.3) is 0 Å². The van der Waals surface area contributed by atoms with Crippen LogP contribution in [0.15, 0.2) is 58.8 Å². The lowest BCUT2D eigenvalue weighted by molar-refractivity contribution is -0.132. The molecule has 0 aliphatic carbocycles. The lowest BCUT2D eigenvalue weighted by Gasteiger charge is -2.28.